The number of rotatable bonds is 9. The van der Waals surface area contributed by atoms with Gasteiger partial charge in [-0.2, -0.15) is 0 Å². The number of hydrogen-bond donors (Lipinski definition) is 3. The van der Waals surface area contributed by atoms with Gasteiger partial charge in [-0.25, -0.2) is 0 Å². The van der Waals surface area contributed by atoms with Gasteiger partial charge in [0.1, 0.15) is 6.10 Å². The van der Waals surface area contributed by atoms with E-state index in [-0.39, 0.29) is 5.78 Å². The highest BCUT2D eigenvalue weighted by molar-refractivity contribution is 5.82. The molecule has 0 aromatic rings. The smallest absolute Gasteiger partial charge is 0.161 e. The molecule has 84 valence electrons. The predicted octanol–water partition coefficient (Wildman–Crippen LogP) is 0.174. The summed E-state index contributed by atoms with van der Waals surface area (Å²) < 4.78 is 0. The second-order valence-corrected chi connectivity index (χ2v) is 3.51. The lowest BCUT2D eigenvalue weighted by atomic mass is 10.0. The fraction of sp³-hybridized carbons (Fsp3) is 0.900. The number of carbonyl (C=O) groups excluding carboxylic acids is 1. The Balaban J connectivity index is 3.44. The maximum Gasteiger partial charge on any atom is 0.161 e. The Morgan fingerprint density at radius 3 is 2.21 bits per heavy atom. The van der Waals surface area contributed by atoms with Gasteiger partial charge in [0.15, 0.2) is 5.78 Å². The molecule has 0 aliphatic heterocycles. The molecule has 1 unspecified atom stereocenters. The Hall–Kier alpha value is -0.450. The molecule has 0 aliphatic rings. The quantitative estimate of drug-likeness (QED) is 0.465. The molecule has 0 spiro atoms. The molecule has 0 bridgehead atoms. The van der Waals surface area contributed by atoms with E-state index in [2.05, 4.69) is 0 Å². The predicted molar refractivity (Wildman–Crippen MR) is 56.8 cm³/mol. The van der Waals surface area contributed by atoms with Crippen LogP contribution in [0.4, 0.5) is 0 Å². The first-order valence-electron chi connectivity index (χ1n) is 5.33. The molecular formula is C10H22N2O2. The zero-order valence-corrected chi connectivity index (χ0v) is 8.74. The lowest BCUT2D eigenvalue weighted by molar-refractivity contribution is -0.127. The number of carbonyl (C=O) groups is 1. The molecule has 0 fully saturated rings. The number of hydrogen-bond acceptors (Lipinski definition) is 4. The highest BCUT2D eigenvalue weighted by atomic mass is 16.3. The SMILES string of the molecule is NCCCCC(=O)C(O)CCCCN. The van der Waals surface area contributed by atoms with Crippen LogP contribution in [0, 0.1) is 0 Å². The average Bonchev–Trinajstić information content (AvgIpc) is 2.18. The molecule has 0 saturated heterocycles. The molecular weight excluding hydrogens is 180 g/mol. The Bertz CT molecular complexity index is 151. The van der Waals surface area contributed by atoms with E-state index in [1.165, 1.54) is 0 Å². The summed E-state index contributed by atoms with van der Waals surface area (Å²) in [5, 5.41) is 9.42. The first kappa shape index (κ1) is 13.5. The van der Waals surface area contributed by atoms with Crippen molar-refractivity contribution in [3.63, 3.8) is 0 Å². The lowest BCUT2D eigenvalue weighted by Gasteiger charge is -2.08. The molecule has 0 heterocycles. The number of ketones is 1. The van der Waals surface area contributed by atoms with Gasteiger partial charge in [-0.05, 0) is 45.2 Å². The van der Waals surface area contributed by atoms with Crippen LogP contribution in [-0.4, -0.2) is 30.1 Å². The van der Waals surface area contributed by atoms with Crippen LogP contribution in [-0.2, 0) is 4.79 Å². The van der Waals surface area contributed by atoms with E-state index >= 15 is 0 Å². The van der Waals surface area contributed by atoms with E-state index in [1.807, 2.05) is 0 Å². The highest BCUT2D eigenvalue weighted by Crippen LogP contribution is 2.05. The Morgan fingerprint density at radius 1 is 1.07 bits per heavy atom. The van der Waals surface area contributed by atoms with Gasteiger partial charge >= 0.3 is 0 Å². The van der Waals surface area contributed by atoms with E-state index in [9.17, 15) is 9.90 Å². The van der Waals surface area contributed by atoms with Crippen molar-refractivity contribution in [3.8, 4) is 0 Å². The maximum atomic E-state index is 11.3. The molecule has 0 amide bonds. The minimum absolute atomic E-state index is 0.0597. The summed E-state index contributed by atoms with van der Waals surface area (Å²) in [4.78, 5) is 11.3. The van der Waals surface area contributed by atoms with Crippen molar-refractivity contribution in [2.75, 3.05) is 13.1 Å². The van der Waals surface area contributed by atoms with Crippen molar-refractivity contribution in [1.29, 1.82) is 0 Å². The van der Waals surface area contributed by atoms with E-state index in [0.29, 0.717) is 25.9 Å². The van der Waals surface area contributed by atoms with Gasteiger partial charge in [0, 0.05) is 6.42 Å². The van der Waals surface area contributed by atoms with Crippen molar-refractivity contribution in [2.24, 2.45) is 11.5 Å². The van der Waals surface area contributed by atoms with Gasteiger partial charge in [0.2, 0.25) is 0 Å². The summed E-state index contributed by atoms with van der Waals surface area (Å²) >= 11 is 0. The van der Waals surface area contributed by atoms with Crippen LogP contribution in [0.3, 0.4) is 0 Å². The fourth-order valence-corrected chi connectivity index (χ4v) is 1.25. The van der Waals surface area contributed by atoms with E-state index in [0.717, 1.165) is 25.7 Å². The molecule has 0 radical (unpaired) electrons. The second-order valence-electron chi connectivity index (χ2n) is 3.51. The first-order chi connectivity index (χ1) is 6.72. The van der Waals surface area contributed by atoms with Crippen molar-refractivity contribution < 1.29 is 9.90 Å². The molecule has 5 N–H and O–H groups in total. The lowest BCUT2D eigenvalue weighted by Crippen LogP contribution is -2.20. The summed E-state index contributed by atoms with van der Waals surface area (Å²) in [6.07, 6.45) is 3.51. The summed E-state index contributed by atoms with van der Waals surface area (Å²) in [6.45, 7) is 1.23. The molecule has 1 atom stereocenters. The van der Waals surface area contributed by atoms with Gasteiger partial charge in [-0.15, -0.1) is 0 Å². The van der Waals surface area contributed by atoms with Crippen LogP contribution in [0.15, 0.2) is 0 Å². The molecule has 0 saturated carbocycles. The molecule has 0 rings (SSSR count). The molecule has 0 aromatic carbocycles. The van der Waals surface area contributed by atoms with Crippen LogP contribution in [0.2, 0.25) is 0 Å². The molecule has 14 heavy (non-hydrogen) atoms. The zero-order valence-electron chi connectivity index (χ0n) is 8.74. The minimum Gasteiger partial charge on any atom is -0.385 e. The Kier molecular flexibility index (Phi) is 8.83. The van der Waals surface area contributed by atoms with Crippen molar-refractivity contribution in [3.05, 3.63) is 0 Å². The fourth-order valence-electron chi connectivity index (χ4n) is 1.25. The third kappa shape index (κ3) is 7.00. The van der Waals surface area contributed by atoms with Crippen LogP contribution in [0.5, 0.6) is 0 Å². The number of nitrogens with two attached hydrogens (primary N) is 2. The normalized spacial score (nSPS) is 12.8. The van der Waals surface area contributed by atoms with Crippen molar-refractivity contribution in [1.82, 2.24) is 0 Å². The van der Waals surface area contributed by atoms with E-state index < -0.39 is 6.10 Å². The third-order valence-electron chi connectivity index (χ3n) is 2.18. The Morgan fingerprint density at radius 2 is 1.64 bits per heavy atom. The van der Waals surface area contributed by atoms with Gasteiger partial charge < -0.3 is 16.6 Å². The van der Waals surface area contributed by atoms with Gasteiger partial charge in [-0.3, -0.25) is 4.79 Å². The summed E-state index contributed by atoms with van der Waals surface area (Å²) in [5.41, 5.74) is 10.6. The summed E-state index contributed by atoms with van der Waals surface area (Å²) in [6, 6.07) is 0. The van der Waals surface area contributed by atoms with Crippen molar-refractivity contribution in [2.45, 2.75) is 44.6 Å². The summed E-state index contributed by atoms with van der Waals surface area (Å²) in [5.74, 6) is -0.0597. The topological polar surface area (TPSA) is 89.3 Å². The van der Waals surface area contributed by atoms with Gasteiger partial charge in [-0.1, -0.05) is 0 Å². The number of aliphatic hydroxyl groups is 1. The van der Waals surface area contributed by atoms with Crippen LogP contribution in [0.25, 0.3) is 0 Å². The van der Waals surface area contributed by atoms with Crippen molar-refractivity contribution >= 4 is 5.78 Å². The van der Waals surface area contributed by atoms with Crippen LogP contribution >= 0.6 is 0 Å². The van der Waals surface area contributed by atoms with E-state index in [4.69, 9.17) is 11.5 Å². The maximum absolute atomic E-state index is 11.3. The van der Waals surface area contributed by atoms with Gasteiger partial charge in [0.25, 0.3) is 0 Å². The average molecular weight is 202 g/mol. The van der Waals surface area contributed by atoms with E-state index in [1.54, 1.807) is 0 Å². The molecule has 0 aliphatic carbocycles. The largest absolute Gasteiger partial charge is 0.385 e. The number of unbranched alkanes of at least 4 members (excludes halogenated alkanes) is 2. The number of aliphatic hydroxyl groups excluding tert-OH is 1. The van der Waals surface area contributed by atoms with Gasteiger partial charge in [0.05, 0.1) is 0 Å². The monoisotopic (exact) mass is 202 g/mol. The molecule has 0 aromatic heterocycles. The highest BCUT2D eigenvalue weighted by Gasteiger charge is 2.13. The van der Waals surface area contributed by atoms with Crippen LogP contribution < -0.4 is 11.5 Å². The minimum atomic E-state index is -0.792. The molecule has 4 heteroatoms. The first-order valence-corrected chi connectivity index (χ1v) is 5.33. The number of Topliss-reactive ketones (excluding diaryl/α,β-unsaturated/α-hetero) is 1. The third-order valence-corrected chi connectivity index (χ3v) is 2.18. The standard InChI is InChI=1S/C10H22N2O2/c11-7-3-1-5-9(13)10(14)6-2-4-8-12/h9,13H,1-8,11-12H2. The zero-order chi connectivity index (χ0) is 10.8. The second kappa shape index (κ2) is 9.12. The molecule has 4 nitrogen and oxygen atoms in total. The summed E-state index contributed by atoms with van der Waals surface area (Å²) in [7, 11) is 0. The van der Waals surface area contributed by atoms with Crippen LogP contribution in [0.1, 0.15) is 38.5 Å². The Labute approximate surface area is 85.7 Å².